The molecule has 0 spiro atoms. The van der Waals surface area contributed by atoms with E-state index in [4.69, 9.17) is 15.0 Å². The van der Waals surface area contributed by atoms with Crippen molar-refractivity contribution >= 4 is 33.2 Å². The Hall–Kier alpha value is -3.54. The fourth-order valence-corrected chi connectivity index (χ4v) is 4.24. The van der Waals surface area contributed by atoms with Crippen LogP contribution in [0.4, 0.5) is 0 Å². The Labute approximate surface area is 180 Å². The van der Waals surface area contributed by atoms with Crippen molar-refractivity contribution in [1.82, 2.24) is 24.1 Å². The van der Waals surface area contributed by atoms with E-state index in [0.717, 1.165) is 29.6 Å². The van der Waals surface area contributed by atoms with Crippen molar-refractivity contribution < 1.29 is 0 Å². The first-order chi connectivity index (χ1) is 15.0. The number of rotatable bonds is 4. The van der Waals surface area contributed by atoms with Crippen LogP contribution in [0.5, 0.6) is 0 Å². The molecule has 0 saturated heterocycles. The third-order valence-corrected chi connectivity index (χ3v) is 6.12. The summed E-state index contributed by atoms with van der Waals surface area (Å²) in [5, 5.41) is 0.527. The lowest BCUT2D eigenvalue weighted by Crippen LogP contribution is -2.26. The monoisotopic (exact) mass is 411 g/mol. The highest BCUT2D eigenvalue weighted by atomic mass is 16.1. The number of hydrogen-bond acceptors (Lipinski definition) is 4. The lowest BCUT2D eigenvalue weighted by atomic mass is 10.1. The number of nitrogens with zero attached hydrogens (tertiary/aromatic N) is 5. The van der Waals surface area contributed by atoms with Crippen LogP contribution in [0.1, 0.15) is 44.6 Å². The van der Waals surface area contributed by atoms with Gasteiger partial charge in [0.1, 0.15) is 16.7 Å². The molecule has 3 heterocycles. The van der Waals surface area contributed by atoms with Gasteiger partial charge in [-0.05, 0) is 56.5 Å². The highest BCUT2D eigenvalue weighted by Crippen LogP contribution is 2.29. The number of hydrogen-bond donors (Lipinski definition) is 0. The Morgan fingerprint density at radius 2 is 1.58 bits per heavy atom. The SMILES string of the molecule is CCc1ccc(-n2c3nc4ccccc4nc3c3c(=O)n([C@H](C)CC)c(C)nc32)cc1. The zero-order valence-corrected chi connectivity index (χ0v) is 18.3. The molecule has 0 bridgehead atoms. The van der Waals surface area contributed by atoms with Crippen molar-refractivity contribution in [2.75, 3.05) is 0 Å². The molecule has 0 fully saturated rings. The van der Waals surface area contributed by atoms with Crippen molar-refractivity contribution in [3.05, 3.63) is 70.3 Å². The Morgan fingerprint density at radius 1 is 0.903 bits per heavy atom. The van der Waals surface area contributed by atoms with Gasteiger partial charge >= 0.3 is 0 Å². The largest absolute Gasteiger partial charge is 0.293 e. The molecule has 2 aromatic carbocycles. The van der Waals surface area contributed by atoms with E-state index in [1.807, 2.05) is 42.7 Å². The molecule has 6 heteroatoms. The highest BCUT2D eigenvalue weighted by molar-refractivity contribution is 6.05. The van der Waals surface area contributed by atoms with Gasteiger partial charge in [0, 0.05) is 11.7 Å². The van der Waals surface area contributed by atoms with E-state index in [2.05, 4.69) is 38.1 Å². The van der Waals surface area contributed by atoms with Crippen molar-refractivity contribution in [3.8, 4) is 5.69 Å². The van der Waals surface area contributed by atoms with Crippen LogP contribution < -0.4 is 5.56 Å². The van der Waals surface area contributed by atoms with Crippen LogP contribution in [0, 0.1) is 6.92 Å². The molecule has 0 N–H and O–H groups in total. The zero-order chi connectivity index (χ0) is 21.7. The maximum absolute atomic E-state index is 13.7. The molecular weight excluding hydrogens is 386 g/mol. The summed E-state index contributed by atoms with van der Waals surface area (Å²) in [7, 11) is 0. The molecule has 0 aliphatic heterocycles. The third kappa shape index (κ3) is 2.93. The van der Waals surface area contributed by atoms with E-state index >= 15 is 0 Å². The molecule has 3 aromatic heterocycles. The average molecular weight is 412 g/mol. The predicted molar refractivity (Wildman–Crippen MR) is 125 cm³/mol. The summed E-state index contributed by atoms with van der Waals surface area (Å²) >= 11 is 0. The van der Waals surface area contributed by atoms with Crippen LogP contribution >= 0.6 is 0 Å². The van der Waals surface area contributed by atoms with Gasteiger partial charge in [0.05, 0.1) is 11.0 Å². The summed E-state index contributed by atoms with van der Waals surface area (Å²) in [5.41, 5.74) is 5.55. The lowest BCUT2D eigenvalue weighted by molar-refractivity contribution is 0.497. The Morgan fingerprint density at radius 3 is 2.23 bits per heavy atom. The second-order valence-corrected chi connectivity index (χ2v) is 8.03. The van der Waals surface area contributed by atoms with Gasteiger partial charge in [-0.2, -0.15) is 0 Å². The summed E-state index contributed by atoms with van der Waals surface area (Å²) in [6.07, 6.45) is 1.81. The van der Waals surface area contributed by atoms with Crippen LogP contribution in [0.2, 0.25) is 0 Å². The first-order valence-corrected chi connectivity index (χ1v) is 10.8. The fraction of sp³-hybridized carbons (Fsp3) is 0.280. The number of para-hydroxylation sites is 2. The molecule has 156 valence electrons. The maximum Gasteiger partial charge on any atom is 0.265 e. The molecule has 5 rings (SSSR count). The smallest absolute Gasteiger partial charge is 0.265 e. The van der Waals surface area contributed by atoms with E-state index in [9.17, 15) is 4.79 Å². The average Bonchev–Trinajstić information content (AvgIpc) is 3.10. The first kappa shape index (κ1) is 19.4. The Kier molecular flexibility index (Phi) is 4.58. The van der Waals surface area contributed by atoms with Gasteiger partial charge in [-0.3, -0.25) is 13.9 Å². The molecule has 0 radical (unpaired) electrons. The van der Waals surface area contributed by atoms with Crippen molar-refractivity contribution in [2.24, 2.45) is 0 Å². The van der Waals surface area contributed by atoms with Crippen LogP contribution in [0.15, 0.2) is 53.3 Å². The van der Waals surface area contributed by atoms with Crippen LogP contribution in [-0.2, 0) is 6.42 Å². The van der Waals surface area contributed by atoms with E-state index in [1.165, 1.54) is 5.56 Å². The topological polar surface area (TPSA) is 65.6 Å². The molecule has 0 amide bonds. The summed E-state index contributed by atoms with van der Waals surface area (Å²) in [5.74, 6) is 0.700. The number of aryl methyl sites for hydroxylation is 2. The first-order valence-electron chi connectivity index (χ1n) is 10.8. The molecule has 31 heavy (non-hydrogen) atoms. The van der Waals surface area contributed by atoms with Crippen LogP contribution in [0.25, 0.3) is 38.9 Å². The minimum absolute atomic E-state index is 0.0556. The minimum Gasteiger partial charge on any atom is -0.293 e. The van der Waals surface area contributed by atoms with Gasteiger partial charge in [0.2, 0.25) is 0 Å². The van der Waals surface area contributed by atoms with Gasteiger partial charge < -0.3 is 0 Å². The number of fused-ring (bicyclic) bond motifs is 4. The quantitative estimate of drug-likeness (QED) is 0.411. The van der Waals surface area contributed by atoms with Gasteiger partial charge in [-0.1, -0.05) is 38.1 Å². The van der Waals surface area contributed by atoms with Crippen molar-refractivity contribution in [1.29, 1.82) is 0 Å². The fourth-order valence-electron chi connectivity index (χ4n) is 4.24. The Bertz CT molecular complexity index is 1490. The molecule has 0 aliphatic carbocycles. The molecule has 0 unspecified atom stereocenters. The molecule has 0 aliphatic rings. The van der Waals surface area contributed by atoms with Crippen LogP contribution in [0.3, 0.4) is 0 Å². The predicted octanol–water partition coefficient (Wildman–Crippen LogP) is 5.13. The molecule has 1 atom stereocenters. The van der Waals surface area contributed by atoms with E-state index in [1.54, 1.807) is 4.57 Å². The van der Waals surface area contributed by atoms with Crippen molar-refractivity contribution in [3.63, 3.8) is 0 Å². The molecule has 5 aromatic rings. The van der Waals surface area contributed by atoms with Crippen LogP contribution in [-0.4, -0.2) is 24.1 Å². The zero-order valence-electron chi connectivity index (χ0n) is 18.3. The number of aromatic nitrogens is 5. The normalized spacial score (nSPS) is 12.8. The van der Waals surface area contributed by atoms with E-state index in [0.29, 0.717) is 28.0 Å². The molecule has 0 saturated carbocycles. The van der Waals surface area contributed by atoms with Crippen molar-refractivity contribution in [2.45, 2.75) is 46.6 Å². The standard InChI is InChI=1S/C25H25N5O/c1-5-15(3)29-16(4)26-23-21(25(29)31)22-24(28-20-10-8-7-9-19(20)27-22)30(23)18-13-11-17(6-2)12-14-18/h7-15H,5-6H2,1-4H3/t15-/m1/s1. The summed E-state index contributed by atoms with van der Waals surface area (Å²) < 4.78 is 3.75. The second kappa shape index (κ2) is 7.30. The third-order valence-electron chi connectivity index (χ3n) is 6.12. The highest BCUT2D eigenvalue weighted by Gasteiger charge is 2.23. The summed E-state index contributed by atoms with van der Waals surface area (Å²) in [6.45, 7) is 8.15. The minimum atomic E-state index is -0.0599. The molecular formula is C25H25N5O. The molecule has 6 nitrogen and oxygen atoms in total. The van der Waals surface area contributed by atoms with Gasteiger partial charge in [0.15, 0.2) is 11.3 Å². The lowest BCUT2D eigenvalue weighted by Gasteiger charge is -2.16. The Balaban J connectivity index is 1.97. The maximum atomic E-state index is 13.7. The summed E-state index contributed by atoms with van der Waals surface area (Å²) in [4.78, 5) is 28.4. The van der Waals surface area contributed by atoms with Gasteiger partial charge in [0.25, 0.3) is 5.56 Å². The van der Waals surface area contributed by atoms with Gasteiger partial charge in [-0.25, -0.2) is 15.0 Å². The van der Waals surface area contributed by atoms with E-state index in [-0.39, 0.29) is 11.6 Å². The number of benzene rings is 2. The second-order valence-electron chi connectivity index (χ2n) is 8.03. The van der Waals surface area contributed by atoms with E-state index < -0.39 is 0 Å². The van der Waals surface area contributed by atoms with Gasteiger partial charge in [-0.15, -0.1) is 0 Å². The summed E-state index contributed by atoms with van der Waals surface area (Å²) in [6, 6.07) is 16.1.